The highest BCUT2D eigenvalue weighted by Crippen LogP contribution is 2.09. The van der Waals surface area contributed by atoms with Crippen LogP contribution >= 0.6 is 0 Å². The molecule has 0 aromatic carbocycles. The summed E-state index contributed by atoms with van der Waals surface area (Å²) in [7, 11) is 0. The van der Waals surface area contributed by atoms with Crippen LogP contribution in [0.2, 0.25) is 0 Å². The zero-order valence-electron chi connectivity index (χ0n) is 8.55. The number of hydrazone groups is 1. The Labute approximate surface area is 79.8 Å². The van der Waals surface area contributed by atoms with Crippen LogP contribution in [0, 0.1) is 0 Å². The lowest BCUT2D eigenvalue weighted by molar-refractivity contribution is -0.115. The molecule has 74 valence electrons. The number of rotatable bonds is 3. The van der Waals surface area contributed by atoms with Gasteiger partial charge in [0.2, 0.25) is 0 Å². The summed E-state index contributed by atoms with van der Waals surface area (Å²) in [6.45, 7) is 5.63. The number of ketones is 1. The van der Waals surface area contributed by atoms with Crippen LogP contribution in [-0.4, -0.2) is 29.6 Å². The summed E-state index contributed by atoms with van der Waals surface area (Å²) < 4.78 is 0. The van der Waals surface area contributed by atoms with Crippen LogP contribution < -0.4 is 0 Å². The first-order valence-corrected chi connectivity index (χ1v) is 4.97. The average molecular weight is 182 g/mol. The summed E-state index contributed by atoms with van der Waals surface area (Å²) >= 11 is 0. The molecule has 1 heterocycles. The molecule has 0 aromatic heterocycles. The van der Waals surface area contributed by atoms with E-state index in [2.05, 4.69) is 10.1 Å². The SMILES string of the molecule is CC(=O)CC(C)=NN1CCCCC1. The minimum absolute atomic E-state index is 0.193. The minimum Gasteiger partial charge on any atom is -0.300 e. The fourth-order valence-electron chi connectivity index (χ4n) is 1.61. The third-order valence-corrected chi connectivity index (χ3v) is 2.15. The maximum atomic E-state index is 10.8. The van der Waals surface area contributed by atoms with Crippen molar-refractivity contribution in [1.29, 1.82) is 0 Å². The molecule has 0 amide bonds. The van der Waals surface area contributed by atoms with Gasteiger partial charge in [-0.25, -0.2) is 0 Å². The van der Waals surface area contributed by atoms with Gasteiger partial charge < -0.3 is 0 Å². The van der Waals surface area contributed by atoms with E-state index < -0.39 is 0 Å². The maximum Gasteiger partial charge on any atom is 0.135 e. The number of carbonyl (C=O) groups excluding carboxylic acids is 1. The number of hydrogen-bond acceptors (Lipinski definition) is 3. The third kappa shape index (κ3) is 4.06. The molecular formula is C10H18N2O. The second-order valence-electron chi connectivity index (χ2n) is 3.73. The first-order chi connectivity index (χ1) is 6.18. The van der Waals surface area contributed by atoms with Crippen molar-refractivity contribution in [3.63, 3.8) is 0 Å². The van der Waals surface area contributed by atoms with Gasteiger partial charge in [0.05, 0.1) is 0 Å². The van der Waals surface area contributed by atoms with E-state index in [1.165, 1.54) is 19.3 Å². The van der Waals surface area contributed by atoms with Crippen molar-refractivity contribution in [1.82, 2.24) is 5.01 Å². The molecule has 0 atom stereocenters. The first-order valence-electron chi connectivity index (χ1n) is 4.97. The van der Waals surface area contributed by atoms with E-state index in [1.54, 1.807) is 6.92 Å². The summed E-state index contributed by atoms with van der Waals surface area (Å²) in [5.41, 5.74) is 0.939. The summed E-state index contributed by atoms with van der Waals surface area (Å²) in [6, 6.07) is 0. The molecule has 0 unspecified atom stereocenters. The minimum atomic E-state index is 0.193. The van der Waals surface area contributed by atoms with Crippen molar-refractivity contribution in [2.45, 2.75) is 39.5 Å². The Morgan fingerprint density at radius 2 is 1.85 bits per heavy atom. The molecular weight excluding hydrogens is 164 g/mol. The molecule has 1 saturated heterocycles. The predicted octanol–water partition coefficient (Wildman–Crippen LogP) is 1.83. The number of nitrogens with zero attached hydrogens (tertiary/aromatic N) is 2. The summed E-state index contributed by atoms with van der Waals surface area (Å²) in [5.74, 6) is 0.193. The Balaban J connectivity index is 2.38. The van der Waals surface area contributed by atoms with E-state index in [9.17, 15) is 4.79 Å². The van der Waals surface area contributed by atoms with Crippen molar-refractivity contribution in [3.8, 4) is 0 Å². The molecule has 13 heavy (non-hydrogen) atoms. The molecule has 3 nitrogen and oxygen atoms in total. The largest absolute Gasteiger partial charge is 0.300 e. The van der Waals surface area contributed by atoms with E-state index in [-0.39, 0.29) is 5.78 Å². The van der Waals surface area contributed by atoms with Gasteiger partial charge in [0.25, 0.3) is 0 Å². The fraction of sp³-hybridized carbons (Fsp3) is 0.800. The third-order valence-electron chi connectivity index (χ3n) is 2.15. The Bertz CT molecular complexity index is 205. The zero-order chi connectivity index (χ0) is 9.68. The van der Waals surface area contributed by atoms with Crippen LogP contribution in [0.5, 0.6) is 0 Å². The smallest absolute Gasteiger partial charge is 0.135 e. The van der Waals surface area contributed by atoms with Crippen molar-refractivity contribution >= 4 is 11.5 Å². The second kappa shape index (κ2) is 5.00. The van der Waals surface area contributed by atoms with Crippen LogP contribution in [0.4, 0.5) is 0 Å². The van der Waals surface area contributed by atoms with Crippen molar-refractivity contribution in [2.24, 2.45) is 5.10 Å². The lowest BCUT2D eigenvalue weighted by atomic mass is 10.2. The Morgan fingerprint density at radius 1 is 1.23 bits per heavy atom. The van der Waals surface area contributed by atoms with Crippen molar-refractivity contribution < 1.29 is 4.79 Å². The first kappa shape index (κ1) is 10.2. The molecule has 0 radical (unpaired) electrons. The molecule has 0 saturated carbocycles. The Morgan fingerprint density at radius 3 is 2.38 bits per heavy atom. The summed E-state index contributed by atoms with van der Waals surface area (Å²) in [5, 5.41) is 6.49. The zero-order valence-corrected chi connectivity index (χ0v) is 8.55. The van der Waals surface area contributed by atoms with Gasteiger partial charge in [-0.2, -0.15) is 5.10 Å². The standard InChI is InChI=1S/C10H18N2O/c1-9(8-10(2)13)11-12-6-4-3-5-7-12/h3-8H2,1-2H3. The maximum absolute atomic E-state index is 10.8. The predicted molar refractivity (Wildman–Crippen MR) is 53.8 cm³/mol. The van der Waals surface area contributed by atoms with Gasteiger partial charge in [0.15, 0.2) is 0 Å². The Kier molecular flexibility index (Phi) is 3.93. The lowest BCUT2D eigenvalue weighted by Crippen LogP contribution is -2.25. The van der Waals surface area contributed by atoms with E-state index in [1.807, 2.05) is 6.92 Å². The van der Waals surface area contributed by atoms with Gasteiger partial charge in [0.1, 0.15) is 5.78 Å². The molecule has 1 rings (SSSR count). The normalized spacial score (nSPS) is 18.9. The molecule has 1 aliphatic heterocycles. The fourth-order valence-corrected chi connectivity index (χ4v) is 1.61. The van der Waals surface area contributed by atoms with Crippen LogP contribution in [0.3, 0.4) is 0 Å². The monoisotopic (exact) mass is 182 g/mol. The van der Waals surface area contributed by atoms with Gasteiger partial charge in [0, 0.05) is 25.2 Å². The van der Waals surface area contributed by atoms with E-state index >= 15 is 0 Å². The van der Waals surface area contributed by atoms with Crippen LogP contribution in [-0.2, 0) is 4.79 Å². The quantitative estimate of drug-likeness (QED) is 0.624. The molecule has 0 N–H and O–H groups in total. The van der Waals surface area contributed by atoms with Gasteiger partial charge in [-0.1, -0.05) is 0 Å². The van der Waals surface area contributed by atoms with Crippen molar-refractivity contribution in [2.75, 3.05) is 13.1 Å². The molecule has 0 bridgehead atoms. The molecule has 1 fully saturated rings. The lowest BCUT2D eigenvalue weighted by Gasteiger charge is -2.24. The molecule has 1 aliphatic rings. The summed E-state index contributed by atoms with van der Waals surface area (Å²) in [6.07, 6.45) is 4.28. The van der Waals surface area contributed by atoms with Crippen molar-refractivity contribution in [3.05, 3.63) is 0 Å². The Hall–Kier alpha value is -0.860. The number of carbonyl (C=O) groups is 1. The highest BCUT2D eigenvalue weighted by atomic mass is 16.1. The topological polar surface area (TPSA) is 32.7 Å². The molecule has 3 heteroatoms. The van der Waals surface area contributed by atoms with E-state index in [0.29, 0.717) is 6.42 Å². The van der Waals surface area contributed by atoms with E-state index in [0.717, 1.165) is 18.8 Å². The summed E-state index contributed by atoms with van der Waals surface area (Å²) in [4.78, 5) is 10.8. The molecule has 0 spiro atoms. The average Bonchev–Trinajstić information content (AvgIpc) is 2.04. The van der Waals surface area contributed by atoms with Crippen LogP contribution in [0.15, 0.2) is 5.10 Å². The van der Waals surface area contributed by atoms with Gasteiger partial charge in [-0.05, 0) is 33.1 Å². The highest BCUT2D eigenvalue weighted by Gasteiger charge is 2.07. The van der Waals surface area contributed by atoms with Gasteiger partial charge in [-0.15, -0.1) is 0 Å². The molecule has 0 aliphatic carbocycles. The van der Waals surface area contributed by atoms with Gasteiger partial charge >= 0.3 is 0 Å². The molecule has 0 aromatic rings. The van der Waals surface area contributed by atoms with Crippen LogP contribution in [0.25, 0.3) is 0 Å². The second-order valence-corrected chi connectivity index (χ2v) is 3.73. The highest BCUT2D eigenvalue weighted by molar-refractivity contribution is 5.99. The number of piperidine rings is 1. The van der Waals surface area contributed by atoms with Crippen LogP contribution in [0.1, 0.15) is 39.5 Å². The number of Topliss-reactive ketones (excluding diaryl/α,β-unsaturated/α-hetero) is 1. The van der Waals surface area contributed by atoms with Gasteiger partial charge in [-0.3, -0.25) is 9.80 Å². The van der Waals surface area contributed by atoms with E-state index in [4.69, 9.17) is 0 Å². The number of hydrogen-bond donors (Lipinski definition) is 0.